The van der Waals surface area contributed by atoms with E-state index in [9.17, 15) is 4.79 Å². The molecule has 3 saturated heterocycles. The van der Waals surface area contributed by atoms with Crippen LogP contribution in [-0.2, 0) is 0 Å². The van der Waals surface area contributed by atoms with Crippen molar-refractivity contribution in [2.45, 2.75) is 28.8 Å². The molecule has 3 aliphatic heterocycles. The summed E-state index contributed by atoms with van der Waals surface area (Å²) in [7, 11) is 0. The topological polar surface area (TPSA) is 69.0 Å². The Morgan fingerprint density at radius 2 is 1.96 bits per heavy atom. The van der Waals surface area contributed by atoms with Gasteiger partial charge in [-0.2, -0.15) is 5.26 Å². The first-order chi connectivity index (χ1) is 12.7. The zero-order valence-corrected chi connectivity index (χ0v) is 15.2. The predicted molar refractivity (Wildman–Crippen MR) is 99.9 cm³/mol. The van der Waals surface area contributed by atoms with E-state index >= 15 is 0 Å². The van der Waals surface area contributed by atoms with Gasteiger partial charge >= 0.3 is 0 Å². The molecule has 4 heterocycles. The minimum atomic E-state index is 0.00454. The van der Waals surface area contributed by atoms with E-state index in [1.807, 2.05) is 42.5 Å². The molecule has 1 aromatic heterocycles. The molecule has 2 bridgehead atoms. The van der Waals surface area contributed by atoms with E-state index < -0.39 is 0 Å². The molecule has 1 aromatic carbocycles. The summed E-state index contributed by atoms with van der Waals surface area (Å²) in [5.41, 5.74) is 1.09. The zero-order valence-electron chi connectivity index (χ0n) is 14.4. The van der Waals surface area contributed by atoms with Crippen molar-refractivity contribution in [1.82, 2.24) is 15.2 Å². The Bertz CT molecular complexity index is 838. The SMILES string of the molecule is N#Cc1cccc(Sc2ccc(C(=O)N[C@H]3CN4CCC3CC4)cc2)n1. The maximum Gasteiger partial charge on any atom is 0.251 e. The van der Waals surface area contributed by atoms with Crippen LogP contribution in [0.25, 0.3) is 0 Å². The fourth-order valence-electron chi connectivity index (χ4n) is 3.71. The fourth-order valence-corrected chi connectivity index (χ4v) is 4.51. The third kappa shape index (κ3) is 3.74. The van der Waals surface area contributed by atoms with E-state index in [1.165, 1.54) is 37.7 Å². The molecule has 0 radical (unpaired) electrons. The smallest absolute Gasteiger partial charge is 0.251 e. The number of nitrogens with one attached hydrogen (secondary N) is 1. The number of amides is 1. The second-order valence-corrected chi connectivity index (χ2v) is 7.91. The second kappa shape index (κ2) is 7.48. The van der Waals surface area contributed by atoms with Gasteiger partial charge in [0.15, 0.2) is 0 Å². The molecule has 1 amide bonds. The molecular formula is C20H20N4OS. The highest BCUT2D eigenvalue weighted by Crippen LogP contribution is 2.28. The van der Waals surface area contributed by atoms with E-state index in [4.69, 9.17) is 5.26 Å². The van der Waals surface area contributed by atoms with Crippen LogP contribution < -0.4 is 5.32 Å². The molecule has 5 rings (SSSR count). The van der Waals surface area contributed by atoms with Crippen LogP contribution >= 0.6 is 11.8 Å². The Morgan fingerprint density at radius 3 is 2.62 bits per heavy atom. The molecule has 132 valence electrons. The lowest BCUT2D eigenvalue weighted by molar-refractivity contribution is 0.0620. The summed E-state index contributed by atoms with van der Waals surface area (Å²) in [6.45, 7) is 3.32. The number of nitriles is 1. The third-order valence-electron chi connectivity index (χ3n) is 5.15. The summed E-state index contributed by atoms with van der Waals surface area (Å²) in [6.07, 6.45) is 2.38. The van der Waals surface area contributed by atoms with E-state index in [2.05, 4.69) is 15.2 Å². The van der Waals surface area contributed by atoms with Crippen molar-refractivity contribution in [2.24, 2.45) is 5.92 Å². The number of rotatable bonds is 4. The van der Waals surface area contributed by atoms with Crippen molar-refractivity contribution in [1.29, 1.82) is 5.26 Å². The Balaban J connectivity index is 1.39. The summed E-state index contributed by atoms with van der Waals surface area (Å²) in [5, 5.41) is 12.9. The Labute approximate surface area is 157 Å². The number of hydrogen-bond donors (Lipinski definition) is 1. The van der Waals surface area contributed by atoms with Gasteiger partial charge in [0, 0.05) is 23.0 Å². The minimum absolute atomic E-state index is 0.00454. The number of benzene rings is 1. The summed E-state index contributed by atoms with van der Waals surface area (Å²) < 4.78 is 0. The van der Waals surface area contributed by atoms with Crippen LogP contribution in [0.2, 0.25) is 0 Å². The highest BCUT2D eigenvalue weighted by molar-refractivity contribution is 7.99. The van der Waals surface area contributed by atoms with E-state index in [0.29, 0.717) is 17.2 Å². The number of pyridine rings is 1. The van der Waals surface area contributed by atoms with Crippen LogP contribution in [0.1, 0.15) is 28.9 Å². The number of carbonyl (C=O) groups is 1. The van der Waals surface area contributed by atoms with Gasteiger partial charge in [-0.15, -0.1) is 0 Å². The minimum Gasteiger partial charge on any atom is -0.348 e. The quantitative estimate of drug-likeness (QED) is 0.903. The van der Waals surface area contributed by atoms with Gasteiger partial charge < -0.3 is 10.2 Å². The van der Waals surface area contributed by atoms with Gasteiger partial charge in [0.1, 0.15) is 16.8 Å². The summed E-state index contributed by atoms with van der Waals surface area (Å²) in [5.74, 6) is 0.627. The fraction of sp³-hybridized carbons (Fsp3) is 0.350. The van der Waals surface area contributed by atoms with Crippen LogP contribution in [0.5, 0.6) is 0 Å². The molecular weight excluding hydrogens is 344 g/mol. The molecule has 1 atom stereocenters. The van der Waals surface area contributed by atoms with E-state index in [-0.39, 0.29) is 11.9 Å². The van der Waals surface area contributed by atoms with Crippen molar-refractivity contribution in [3.05, 3.63) is 53.7 Å². The summed E-state index contributed by atoms with van der Waals surface area (Å²) in [4.78, 5) is 20.2. The lowest BCUT2D eigenvalue weighted by Crippen LogP contribution is -2.57. The lowest BCUT2D eigenvalue weighted by Gasteiger charge is -2.44. The lowest BCUT2D eigenvalue weighted by atomic mass is 9.84. The van der Waals surface area contributed by atoms with Crippen molar-refractivity contribution in [2.75, 3.05) is 19.6 Å². The average molecular weight is 364 g/mol. The predicted octanol–water partition coefficient (Wildman–Crippen LogP) is 2.93. The van der Waals surface area contributed by atoms with Gasteiger partial charge in [-0.3, -0.25) is 4.79 Å². The van der Waals surface area contributed by atoms with E-state index in [0.717, 1.165) is 16.5 Å². The number of aromatic nitrogens is 1. The van der Waals surface area contributed by atoms with Gasteiger partial charge in [-0.05, 0) is 68.2 Å². The maximum atomic E-state index is 12.6. The largest absolute Gasteiger partial charge is 0.348 e. The monoisotopic (exact) mass is 364 g/mol. The van der Waals surface area contributed by atoms with Gasteiger partial charge in [-0.25, -0.2) is 4.98 Å². The number of nitrogens with zero attached hydrogens (tertiary/aromatic N) is 3. The normalized spacial score (nSPS) is 24.0. The van der Waals surface area contributed by atoms with Crippen LogP contribution in [0.3, 0.4) is 0 Å². The Morgan fingerprint density at radius 1 is 1.19 bits per heavy atom. The molecule has 0 unspecified atom stereocenters. The van der Waals surface area contributed by atoms with Crippen LogP contribution in [0.15, 0.2) is 52.4 Å². The first-order valence-corrected chi connectivity index (χ1v) is 9.71. The number of fused-ring (bicyclic) bond motifs is 3. The maximum absolute atomic E-state index is 12.6. The zero-order chi connectivity index (χ0) is 17.9. The molecule has 1 N–H and O–H groups in total. The van der Waals surface area contributed by atoms with Crippen molar-refractivity contribution in [3.8, 4) is 6.07 Å². The van der Waals surface area contributed by atoms with Crippen LogP contribution in [0, 0.1) is 17.2 Å². The second-order valence-electron chi connectivity index (χ2n) is 6.82. The number of carbonyl (C=O) groups excluding carboxylic acids is 1. The van der Waals surface area contributed by atoms with Gasteiger partial charge in [0.2, 0.25) is 0 Å². The summed E-state index contributed by atoms with van der Waals surface area (Å²) >= 11 is 1.48. The number of piperidine rings is 3. The van der Waals surface area contributed by atoms with Crippen LogP contribution in [0.4, 0.5) is 0 Å². The molecule has 0 spiro atoms. The van der Waals surface area contributed by atoms with Gasteiger partial charge in [0.25, 0.3) is 5.91 Å². The van der Waals surface area contributed by atoms with E-state index in [1.54, 1.807) is 6.07 Å². The standard InChI is InChI=1S/C20H20N4OS/c21-12-16-2-1-3-19(22-16)26-17-6-4-15(5-7-17)20(25)23-18-13-24-10-8-14(18)9-11-24/h1-7,14,18H,8-11,13H2,(H,23,25)/t18-/m0/s1. The molecule has 3 fully saturated rings. The summed E-state index contributed by atoms with van der Waals surface area (Å²) in [6, 6.07) is 15.3. The molecule has 5 nitrogen and oxygen atoms in total. The first-order valence-electron chi connectivity index (χ1n) is 8.89. The van der Waals surface area contributed by atoms with Crippen molar-refractivity contribution >= 4 is 17.7 Å². The highest BCUT2D eigenvalue weighted by atomic mass is 32.2. The molecule has 6 heteroatoms. The molecule has 2 aromatic rings. The molecule has 0 saturated carbocycles. The van der Waals surface area contributed by atoms with Gasteiger partial charge in [-0.1, -0.05) is 17.8 Å². The molecule has 3 aliphatic rings. The first kappa shape index (κ1) is 17.1. The third-order valence-corrected chi connectivity index (χ3v) is 6.09. The van der Waals surface area contributed by atoms with Crippen molar-refractivity contribution in [3.63, 3.8) is 0 Å². The average Bonchev–Trinajstić information content (AvgIpc) is 2.69. The molecule has 0 aliphatic carbocycles. The van der Waals surface area contributed by atoms with Crippen LogP contribution in [-0.4, -0.2) is 41.5 Å². The Kier molecular flexibility index (Phi) is 4.91. The molecule has 26 heavy (non-hydrogen) atoms. The number of hydrogen-bond acceptors (Lipinski definition) is 5. The highest BCUT2D eigenvalue weighted by Gasteiger charge is 2.34. The van der Waals surface area contributed by atoms with Gasteiger partial charge in [0.05, 0.1) is 0 Å². The Hall–Kier alpha value is -2.36. The van der Waals surface area contributed by atoms with Crippen molar-refractivity contribution < 1.29 is 4.79 Å².